The van der Waals surface area contributed by atoms with Crippen LogP contribution >= 0.6 is 0 Å². The van der Waals surface area contributed by atoms with Crippen LogP contribution < -0.4 is 0 Å². The fraction of sp³-hybridized carbons (Fsp3) is 0.769. The molecule has 4 heterocycles. The molecule has 5 fully saturated rings. The summed E-state index contributed by atoms with van der Waals surface area (Å²) in [6.07, 6.45) is -3.36. The van der Waals surface area contributed by atoms with Crippen molar-refractivity contribution in [2.75, 3.05) is 6.61 Å². The zero-order chi connectivity index (χ0) is 26.9. The second-order valence-corrected chi connectivity index (χ2v) is 12.5. The van der Waals surface area contributed by atoms with Crippen molar-refractivity contribution in [1.29, 1.82) is 0 Å². The van der Waals surface area contributed by atoms with Crippen molar-refractivity contribution in [3.8, 4) is 0 Å². The first-order valence-corrected chi connectivity index (χ1v) is 12.7. The maximum Gasteiger partial charge on any atom is 0.340 e. The summed E-state index contributed by atoms with van der Waals surface area (Å²) in [5.74, 6) is -3.65. The Morgan fingerprint density at radius 1 is 1.03 bits per heavy atom. The molecule has 6 rings (SSSR count). The molecular weight excluding hydrogens is 488 g/mol. The lowest BCUT2D eigenvalue weighted by Crippen LogP contribution is -2.76. The molecule has 11 nitrogen and oxygen atoms in total. The number of hydrogen-bond acceptors (Lipinski definition) is 11. The molecule has 3 saturated heterocycles. The molecule has 202 valence electrons. The first kappa shape index (κ1) is 25.0. The van der Waals surface area contributed by atoms with E-state index in [0.717, 1.165) is 0 Å². The molecule has 10 atom stereocenters. The largest absolute Gasteiger partial charge is 0.465 e. The maximum atomic E-state index is 14.2. The van der Waals surface area contributed by atoms with Gasteiger partial charge in [-0.1, -0.05) is 6.92 Å². The van der Waals surface area contributed by atoms with Gasteiger partial charge in [0.2, 0.25) is 6.29 Å². The molecule has 3 N–H and O–H groups in total. The van der Waals surface area contributed by atoms with Crippen LogP contribution in [0.1, 0.15) is 53.4 Å². The molecule has 0 aromatic heterocycles. The van der Waals surface area contributed by atoms with E-state index in [1.165, 1.54) is 6.08 Å². The number of ether oxygens (including phenoxy) is 4. The summed E-state index contributed by atoms with van der Waals surface area (Å²) in [5, 5.41) is 32.5. The predicted octanol–water partition coefficient (Wildman–Crippen LogP) is -0.0723. The number of fused-ring (bicyclic) bond motifs is 2. The fourth-order valence-corrected chi connectivity index (χ4v) is 8.95. The minimum atomic E-state index is -1.47. The number of ketones is 1. The van der Waals surface area contributed by atoms with Crippen molar-refractivity contribution in [2.24, 2.45) is 28.1 Å². The Labute approximate surface area is 213 Å². The van der Waals surface area contributed by atoms with Crippen molar-refractivity contribution in [1.82, 2.24) is 0 Å². The Kier molecular flexibility index (Phi) is 4.85. The van der Waals surface area contributed by atoms with Crippen molar-refractivity contribution < 1.29 is 53.4 Å². The Bertz CT molecular complexity index is 1150. The summed E-state index contributed by atoms with van der Waals surface area (Å²) in [4.78, 5) is 52.0. The van der Waals surface area contributed by atoms with Crippen LogP contribution in [0.2, 0.25) is 0 Å². The molecule has 0 aromatic carbocycles. The van der Waals surface area contributed by atoms with Crippen molar-refractivity contribution in [2.45, 2.75) is 89.2 Å². The molecule has 0 aromatic rings. The molecule has 11 heteroatoms. The molecule has 4 aliphatic heterocycles. The first-order chi connectivity index (χ1) is 17.1. The lowest BCUT2D eigenvalue weighted by molar-refractivity contribution is -0.257. The van der Waals surface area contributed by atoms with Gasteiger partial charge in [-0.05, 0) is 45.6 Å². The average Bonchev–Trinajstić information content (AvgIpc) is 3.49. The Hall–Kier alpha value is -2.34. The second-order valence-electron chi connectivity index (χ2n) is 12.5. The van der Waals surface area contributed by atoms with E-state index < -0.39 is 81.8 Å². The van der Waals surface area contributed by atoms with Crippen LogP contribution in [0, 0.1) is 28.1 Å². The van der Waals surface area contributed by atoms with Crippen LogP contribution in [0.3, 0.4) is 0 Å². The van der Waals surface area contributed by atoms with E-state index in [0.29, 0.717) is 12.8 Å². The van der Waals surface area contributed by atoms with Gasteiger partial charge in [0.15, 0.2) is 6.10 Å². The summed E-state index contributed by atoms with van der Waals surface area (Å²) in [6.45, 7) is 6.53. The molecule has 0 amide bonds. The third kappa shape index (κ3) is 2.76. The topological polar surface area (TPSA) is 169 Å². The Morgan fingerprint density at radius 2 is 1.73 bits per heavy atom. The van der Waals surface area contributed by atoms with Gasteiger partial charge in [-0.2, -0.15) is 0 Å². The van der Waals surface area contributed by atoms with E-state index in [4.69, 9.17) is 18.9 Å². The highest BCUT2D eigenvalue weighted by molar-refractivity contribution is 5.96. The third-order valence-electron chi connectivity index (χ3n) is 10.6. The molecule has 0 radical (unpaired) electrons. The number of cyclic esters (lactones) is 3. The minimum Gasteiger partial charge on any atom is -0.465 e. The maximum absolute atomic E-state index is 14.2. The van der Waals surface area contributed by atoms with E-state index in [1.54, 1.807) is 20.8 Å². The van der Waals surface area contributed by atoms with E-state index in [1.807, 2.05) is 6.92 Å². The number of hydrogen-bond donors (Lipinski definition) is 3. The van der Waals surface area contributed by atoms with Crippen LogP contribution in [0.25, 0.3) is 0 Å². The summed E-state index contributed by atoms with van der Waals surface area (Å²) < 4.78 is 22.3. The number of carbonyl (C=O) groups is 4. The number of esters is 3. The number of aliphatic hydroxyl groups excluding tert-OH is 2. The van der Waals surface area contributed by atoms with Gasteiger partial charge in [-0.25, -0.2) is 9.59 Å². The van der Waals surface area contributed by atoms with E-state index in [2.05, 4.69) is 0 Å². The van der Waals surface area contributed by atoms with Gasteiger partial charge in [-0.3, -0.25) is 9.59 Å². The lowest BCUT2D eigenvalue weighted by atomic mass is 9.36. The van der Waals surface area contributed by atoms with Crippen LogP contribution in [-0.2, 0) is 38.1 Å². The Balaban J connectivity index is 1.52. The summed E-state index contributed by atoms with van der Waals surface area (Å²) in [5.41, 5.74) is -6.30. The number of Topliss-reactive ketones (excluding diaryl/α,β-unsaturated/α-hetero) is 1. The molecule has 0 bridgehead atoms. The number of rotatable bonds is 2. The van der Waals surface area contributed by atoms with Crippen molar-refractivity contribution in [3.05, 3.63) is 11.6 Å². The van der Waals surface area contributed by atoms with Gasteiger partial charge in [-0.15, -0.1) is 0 Å². The van der Waals surface area contributed by atoms with Gasteiger partial charge in [0.05, 0.1) is 29.1 Å². The summed E-state index contributed by atoms with van der Waals surface area (Å²) in [6, 6.07) is 0. The van der Waals surface area contributed by atoms with E-state index in [-0.39, 0.29) is 30.8 Å². The van der Waals surface area contributed by atoms with E-state index in [9.17, 15) is 34.5 Å². The van der Waals surface area contributed by atoms with Crippen molar-refractivity contribution >= 4 is 23.7 Å². The smallest absolute Gasteiger partial charge is 0.340 e. The lowest BCUT2D eigenvalue weighted by Gasteiger charge is -2.67. The van der Waals surface area contributed by atoms with Crippen LogP contribution in [0.5, 0.6) is 0 Å². The van der Waals surface area contributed by atoms with Gasteiger partial charge in [0.1, 0.15) is 24.1 Å². The molecular formula is C26H32O11. The van der Waals surface area contributed by atoms with Gasteiger partial charge < -0.3 is 34.3 Å². The second kappa shape index (κ2) is 7.19. The third-order valence-corrected chi connectivity index (χ3v) is 10.6. The monoisotopic (exact) mass is 520 g/mol. The highest BCUT2D eigenvalue weighted by atomic mass is 16.7. The van der Waals surface area contributed by atoms with Gasteiger partial charge >= 0.3 is 17.9 Å². The number of carbonyl (C=O) groups excluding carboxylic acids is 4. The Morgan fingerprint density at radius 3 is 2.32 bits per heavy atom. The molecule has 6 aliphatic rings. The SMILES string of the molecule is CC(C)(O)[C@H]1CC(=O)[C@]2(C)[C@H](CC[C@]3(C)[C@@H](C4=C[C@H](O)OC4=O)OC(=O)[C@@H]4O[C@@]432)[C@]12COC(=O)C[C@H]2O. The van der Waals surface area contributed by atoms with Crippen LogP contribution in [-0.4, -0.2) is 81.4 Å². The minimum absolute atomic E-state index is 0.00213. The first-order valence-electron chi connectivity index (χ1n) is 12.7. The zero-order valence-electron chi connectivity index (χ0n) is 21.2. The van der Waals surface area contributed by atoms with Crippen LogP contribution in [0.15, 0.2) is 11.6 Å². The molecule has 0 unspecified atom stereocenters. The predicted molar refractivity (Wildman–Crippen MR) is 120 cm³/mol. The molecule has 2 aliphatic carbocycles. The van der Waals surface area contributed by atoms with Gasteiger partial charge in [0, 0.05) is 23.2 Å². The van der Waals surface area contributed by atoms with Gasteiger partial charge in [0.25, 0.3) is 0 Å². The van der Waals surface area contributed by atoms with Crippen LogP contribution in [0.4, 0.5) is 0 Å². The molecule has 2 spiro atoms. The standard InChI is InChI=1S/C26H32O11/c1-22(2,33)13-8-14(27)24(4)12(25(13)10-34-16(29)9-15(25)28)5-6-23(3)18(11-7-17(30)35-20(11)31)36-21(32)19-26(23,24)37-19/h7,12-13,15,17-19,28,30,33H,5-6,8-10H2,1-4H3/t12-,13+,15+,17+,18+,19-,23+,24-,25+,26-/m0/s1. The number of aliphatic hydroxyl groups is 3. The molecule has 2 saturated carbocycles. The summed E-state index contributed by atoms with van der Waals surface area (Å²) in [7, 11) is 0. The summed E-state index contributed by atoms with van der Waals surface area (Å²) >= 11 is 0. The quantitative estimate of drug-likeness (QED) is 0.253. The zero-order valence-corrected chi connectivity index (χ0v) is 21.2. The van der Waals surface area contributed by atoms with E-state index >= 15 is 0 Å². The average molecular weight is 521 g/mol. The van der Waals surface area contributed by atoms with Crippen molar-refractivity contribution in [3.63, 3.8) is 0 Å². The highest BCUT2D eigenvalue weighted by Crippen LogP contribution is 2.77. The fourth-order valence-electron chi connectivity index (χ4n) is 8.95. The normalized spacial score (nSPS) is 50.8. The number of epoxide rings is 1. The highest BCUT2D eigenvalue weighted by Gasteiger charge is 2.89. The molecule has 37 heavy (non-hydrogen) atoms.